The van der Waals surface area contributed by atoms with Crippen molar-refractivity contribution in [1.82, 2.24) is 14.7 Å². The van der Waals surface area contributed by atoms with Crippen LogP contribution in [0, 0.1) is 0 Å². The SMILES string of the molecule is CC1CCN(C2=NC(N(C)C)SS2)CCC(C)N1C.Cl. The minimum atomic E-state index is 0. The standard InChI is InChI=1S/C13H26N4S2.ClH/c1-10-6-8-17(9-7-11(2)16(10)5)13-14-12(15(3)4)18-19-13;/h10-12H,6-9H2,1-5H3;1H. The van der Waals surface area contributed by atoms with Crippen molar-refractivity contribution in [2.75, 3.05) is 34.2 Å². The van der Waals surface area contributed by atoms with E-state index in [1.165, 1.54) is 18.0 Å². The third kappa shape index (κ3) is 4.44. The topological polar surface area (TPSA) is 22.1 Å². The molecule has 0 spiro atoms. The van der Waals surface area contributed by atoms with Gasteiger partial charge in [0.05, 0.1) is 0 Å². The molecule has 0 aromatic carbocycles. The van der Waals surface area contributed by atoms with Crippen molar-refractivity contribution in [3.8, 4) is 0 Å². The first-order chi connectivity index (χ1) is 8.99. The molecule has 0 aliphatic carbocycles. The van der Waals surface area contributed by atoms with Gasteiger partial charge in [-0.15, -0.1) is 12.4 Å². The van der Waals surface area contributed by atoms with Gasteiger partial charge < -0.3 is 9.80 Å². The third-order valence-corrected chi connectivity index (χ3v) is 6.73. The van der Waals surface area contributed by atoms with Gasteiger partial charge in [0.2, 0.25) is 0 Å². The van der Waals surface area contributed by atoms with Gasteiger partial charge in [0.1, 0.15) is 0 Å². The van der Waals surface area contributed by atoms with Crippen molar-refractivity contribution in [2.24, 2.45) is 4.99 Å². The Kier molecular flexibility index (Phi) is 7.49. The van der Waals surface area contributed by atoms with E-state index in [2.05, 4.69) is 49.7 Å². The monoisotopic (exact) mass is 338 g/mol. The second-order valence-corrected chi connectivity index (χ2v) is 8.03. The molecule has 2 aliphatic rings. The molecule has 0 amide bonds. The van der Waals surface area contributed by atoms with Crippen LogP contribution in [-0.2, 0) is 0 Å². The van der Waals surface area contributed by atoms with E-state index in [0.29, 0.717) is 12.1 Å². The fraction of sp³-hybridized carbons (Fsp3) is 0.923. The minimum absolute atomic E-state index is 0. The van der Waals surface area contributed by atoms with E-state index in [-0.39, 0.29) is 17.9 Å². The molecule has 2 aliphatic heterocycles. The van der Waals surface area contributed by atoms with Crippen molar-refractivity contribution < 1.29 is 0 Å². The Morgan fingerprint density at radius 2 is 1.70 bits per heavy atom. The van der Waals surface area contributed by atoms with Crippen molar-refractivity contribution in [3.05, 3.63) is 0 Å². The van der Waals surface area contributed by atoms with Gasteiger partial charge in [0.15, 0.2) is 10.7 Å². The van der Waals surface area contributed by atoms with E-state index >= 15 is 0 Å². The maximum Gasteiger partial charge on any atom is 0.172 e. The molecule has 4 nitrogen and oxygen atoms in total. The Morgan fingerprint density at radius 1 is 1.15 bits per heavy atom. The van der Waals surface area contributed by atoms with Crippen LogP contribution < -0.4 is 0 Å². The summed E-state index contributed by atoms with van der Waals surface area (Å²) in [6, 6.07) is 1.31. The highest BCUT2D eigenvalue weighted by Gasteiger charge is 2.28. The molecule has 2 heterocycles. The molecule has 1 fully saturated rings. The summed E-state index contributed by atoms with van der Waals surface area (Å²) in [6.07, 6.45) is 2.44. The molecule has 0 radical (unpaired) electrons. The zero-order chi connectivity index (χ0) is 14.0. The van der Waals surface area contributed by atoms with Crippen LogP contribution in [0.25, 0.3) is 0 Å². The van der Waals surface area contributed by atoms with E-state index in [9.17, 15) is 0 Å². The van der Waals surface area contributed by atoms with Gasteiger partial charge in [-0.2, -0.15) is 0 Å². The average Bonchev–Trinajstić information content (AvgIpc) is 2.85. The number of aliphatic imine (C=N–C) groups is 1. The van der Waals surface area contributed by atoms with Gasteiger partial charge in [-0.25, -0.2) is 4.99 Å². The maximum atomic E-state index is 4.83. The quantitative estimate of drug-likeness (QED) is 0.684. The molecule has 0 bridgehead atoms. The zero-order valence-electron chi connectivity index (χ0n) is 13.1. The number of halogens is 1. The van der Waals surface area contributed by atoms with E-state index < -0.39 is 0 Å². The number of rotatable bonds is 1. The van der Waals surface area contributed by atoms with Crippen molar-refractivity contribution in [2.45, 2.75) is 44.3 Å². The third-order valence-electron chi connectivity index (χ3n) is 4.17. The number of nitrogens with zero attached hydrogens (tertiary/aromatic N) is 4. The fourth-order valence-electron chi connectivity index (χ4n) is 2.39. The van der Waals surface area contributed by atoms with Crippen LogP contribution in [0.1, 0.15) is 26.7 Å². The minimum Gasteiger partial charge on any atom is -0.351 e. The van der Waals surface area contributed by atoms with E-state index in [1.807, 2.05) is 21.6 Å². The molecule has 3 atom stereocenters. The lowest BCUT2D eigenvalue weighted by molar-refractivity contribution is 0.144. The summed E-state index contributed by atoms with van der Waals surface area (Å²) in [5.41, 5.74) is 0.281. The molecule has 3 unspecified atom stereocenters. The molecule has 7 heteroatoms. The highest BCUT2D eigenvalue weighted by atomic mass is 35.5. The van der Waals surface area contributed by atoms with Gasteiger partial charge in [0.25, 0.3) is 0 Å². The Bertz CT molecular complexity index is 326. The van der Waals surface area contributed by atoms with E-state index in [4.69, 9.17) is 4.99 Å². The summed E-state index contributed by atoms with van der Waals surface area (Å²) in [7, 11) is 10.1. The number of amidine groups is 1. The molecule has 20 heavy (non-hydrogen) atoms. The first-order valence-electron chi connectivity index (χ1n) is 7.03. The normalized spacial score (nSPS) is 32.6. The lowest BCUT2D eigenvalue weighted by Gasteiger charge is -2.37. The van der Waals surface area contributed by atoms with Gasteiger partial charge in [0, 0.05) is 25.2 Å². The molecule has 0 saturated carbocycles. The summed E-state index contributed by atoms with van der Waals surface area (Å²) in [5.74, 6) is 0. The van der Waals surface area contributed by atoms with Crippen LogP contribution in [-0.4, -0.2) is 71.7 Å². The highest BCUT2D eigenvalue weighted by molar-refractivity contribution is 8.82. The summed E-state index contributed by atoms with van der Waals surface area (Å²) >= 11 is 0. The largest absolute Gasteiger partial charge is 0.351 e. The van der Waals surface area contributed by atoms with Crippen LogP contribution in [0.15, 0.2) is 4.99 Å². The van der Waals surface area contributed by atoms with Crippen molar-refractivity contribution in [1.29, 1.82) is 0 Å². The molecular weight excluding hydrogens is 312 g/mol. The molecule has 1 saturated heterocycles. The Morgan fingerprint density at radius 3 is 2.15 bits per heavy atom. The Hall–Kier alpha value is 0.380. The zero-order valence-corrected chi connectivity index (χ0v) is 15.5. The fourth-order valence-corrected chi connectivity index (χ4v) is 4.98. The van der Waals surface area contributed by atoms with Crippen molar-refractivity contribution in [3.63, 3.8) is 0 Å². The van der Waals surface area contributed by atoms with Crippen LogP contribution in [0.4, 0.5) is 0 Å². The lowest BCUT2D eigenvalue weighted by Crippen LogP contribution is -2.45. The lowest BCUT2D eigenvalue weighted by atomic mass is 10.1. The average molecular weight is 339 g/mol. The molecule has 0 N–H and O–H groups in total. The Balaban J connectivity index is 0.00000200. The van der Waals surface area contributed by atoms with Crippen LogP contribution >= 0.6 is 34.0 Å². The smallest absolute Gasteiger partial charge is 0.172 e. The summed E-state index contributed by atoms with van der Waals surface area (Å²) in [4.78, 5) is 12.0. The van der Waals surface area contributed by atoms with Crippen LogP contribution in [0.3, 0.4) is 0 Å². The van der Waals surface area contributed by atoms with Gasteiger partial charge >= 0.3 is 0 Å². The first kappa shape index (κ1) is 18.4. The molecule has 2 rings (SSSR count). The molecular formula is C13H27ClN4S2. The van der Waals surface area contributed by atoms with E-state index in [0.717, 1.165) is 13.1 Å². The van der Waals surface area contributed by atoms with Crippen molar-refractivity contribution >= 4 is 39.2 Å². The Labute approximate surface area is 137 Å². The van der Waals surface area contributed by atoms with Gasteiger partial charge in [-0.3, -0.25) is 4.90 Å². The highest BCUT2D eigenvalue weighted by Crippen LogP contribution is 2.38. The molecule has 118 valence electrons. The number of hydrogen-bond acceptors (Lipinski definition) is 6. The summed E-state index contributed by atoms with van der Waals surface area (Å²) in [6.45, 7) is 6.93. The van der Waals surface area contributed by atoms with Gasteiger partial charge in [-0.05, 0) is 69.4 Å². The molecule has 0 aromatic heterocycles. The second-order valence-electron chi connectivity index (χ2n) is 5.81. The summed E-state index contributed by atoms with van der Waals surface area (Å²) < 4.78 is 0. The predicted molar refractivity (Wildman–Crippen MR) is 94.8 cm³/mol. The first-order valence-corrected chi connectivity index (χ1v) is 9.24. The van der Waals surface area contributed by atoms with E-state index in [1.54, 1.807) is 0 Å². The summed E-state index contributed by atoms with van der Waals surface area (Å²) in [5, 5.41) is 1.23. The van der Waals surface area contributed by atoms with Crippen LogP contribution in [0.2, 0.25) is 0 Å². The predicted octanol–water partition coefficient (Wildman–Crippen LogP) is 2.81. The second kappa shape index (κ2) is 8.13. The number of hydrogen-bond donors (Lipinski definition) is 0. The molecule has 0 aromatic rings. The maximum absolute atomic E-state index is 4.83. The van der Waals surface area contributed by atoms with Crippen LogP contribution in [0.5, 0.6) is 0 Å². The van der Waals surface area contributed by atoms with Gasteiger partial charge in [-0.1, -0.05) is 0 Å².